The number of carboxylic acids is 1. The van der Waals surface area contributed by atoms with Crippen molar-refractivity contribution in [2.24, 2.45) is 5.73 Å². The molecule has 8 heteroatoms. The summed E-state index contributed by atoms with van der Waals surface area (Å²) in [5, 5.41) is 12.4. The fraction of sp³-hybridized carbons (Fsp3) is 0.562. The van der Waals surface area contributed by atoms with Gasteiger partial charge in [0.15, 0.2) is 5.65 Å². The number of hydrogen-bond acceptors (Lipinski definition) is 6. The second kappa shape index (κ2) is 8.07. The Bertz CT molecular complexity index is 682. The number of likely N-dealkylation sites (N-methyl/N-ethyl adjacent to an activating group) is 1. The Morgan fingerprint density at radius 1 is 1.54 bits per heavy atom. The number of nitrogens with one attached hydrogen (secondary N) is 2. The summed E-state index contributed by atoms with van der Waals surface area (Å²) in [6.07, 6.45) is 5.36. The van der Waals surface area contributed by atoms with Crippen LogP contribution in [0, 0.1) is 0 Å². The SMILES string of the molecule is CC(C)N.CNC1CCCN(c2cnc3[nH]cc(C(=O)O)c3n2)C1. The van der Waals surface area contributed by atoms with E-state index in [4.69, 9.17) is 10.8 Å². The first kappa shape index (κ1) is 18.2. The number of fused-ring (bicyclic) bond motifs is 1. The Kier molecular flexibility index (Phi) is 6.10. The van der Waals surface area contributed by atoms with E-state index in [1.165, 1.54) is 6.20 Å². The minimum Gasteiger partial charge on any atom is -0.478 e. The van der Waals surface area contributed by atoms with E-state index in [9.17, 15) is 4.79 Å². The molecule has 1 aliphatic heterocycles. The molecule has 132 valence electrons. The summed E-state index contributed by atoms with van der Waals surface area (Å²) in [5.74, 6) is -0.256. The Hall–Kier alpha value is -2.19. The number of piperidine rings is 1. The van der Waals surface area contributed by atoms with Crippen molar-refractivity contribution < 1.29 is 9.90 Å². The quantitative estimate of drug-likeness (QED) is 0.665. The third-order valence-electron chi connectivity index (χ3n) is 3.75. The van der Waals surface area contributed by atoms with Crippen LogP contribution in [0.25, 0.3) is 11.2 Å². The largest absolute Gasteiger partial charge is 0.478 e. The zero-order valence-electron chi connectivity index (χ0n) is 14.4. The van der Waals surface area contributed by atoms with E-state index in [0.717, 1.165) is 31.7 Å². The number of aromatic amines is 1. The molecule has 0 spiro atoms. The van der Waals surface area contributed by atoms with Crippen molar-refractivity contribution in [2.75, 3.05) is 25.0 Å². The van der Waals surface area contributed by atoms with Crippen molar-refractivity contribution in [3.63, 3.8) is 0 Å². The van der Waals surface area contributed by atoms with Gasteiger partial charge >= 0.3 is 5.97 Å². The molecule has 0 saturated carbocycles. The Morgan fingerprint density at radius 3 is 2.88 bits per heavy atom. The smallest absolute Gasteiger partial charge is 0.339 e. The molecule has 1 fully saturated rings. The minimum absolute atomic E-state index is 0.163. The molecule has 2 aromatic heterocycles. The lowest BCUT2D eigenvalue weighted by molar-refractivity contribution is 0.0699. The third-order valence-corrected chi connectivity index (χ3v) is 3.75. The molecular weight excluding hydrogens is 308 g/mol. The third kappa shape index (κ3) is 4.42. The summed E-state index contributed by atoms with van der Waals surface area (Å²) in [7, 11) is 1.96. The predicted octanol–water partition coefficient (Wildman–Crippen LogP) is 1.20. The number of nitrogens with zero attached hydrogens (tertiary/aromatic N) is 3. The number of carboxylic acid groups (broad SMARTS) is 1. The molecule has 0 aliphatic carbocycles. The first-order chi connectivity index (χ1) is 11.4. The molecule has 24 heavy (non-hydrogen) atoms. The lowest BCUT2D eigenvalue weighted by Gasteiger charge is -2.33. The molecule has 1 saturated heterocycles. The zero-order valence-corrected chi connectivity index (χ0v) is 14.4. The van der Waals surface area contributed by atoms with E-state index in [0.29, 0.717) is 23.2 Å². The highest BCUT2D eigenvalue weighted by Crippen LogP contribution is 2.21. The summed E-state index contributed by atoms with van der Waals surface area (Å²) in [4.78, 5) is 24.9. The van der Waals surface area contributed by atoms with Crippen molar-refractivity contribution in [3.8, 4) is 0 Å². The summed E-state index contributed by atoms with van der Waals surface area (Å²) in [5.41, 5.74) is 6.20. The summed E-state index contributed by atoms with van der Waals surface area (Å²) >= 11 is 0. The van der Waals surface area contributed by atoms with Gasteiger partial charge in [0.2, 0.25) is 0 Å². The lowest BCUT2D eigenvalue weighted by atomic mass is 10.1. The van der Waals surface area contributed by atoms with Crippen LogP contribution in [0.15, 0.2) is 12.4 Å². The van der Waals surface area contributed by atoms with Gasteiger partial charge in [-0.2, -0.15) is 0 Å². The average molecular weight is 334 g/mol. The van der Waals surface area contributed by atoms with E-state index in [-0.39, 0.29) is 5.56 Å². The molecule has 3 heterocycles. The fourth-order valence-corrected chi connectivity index (χ4v) is 2.62. The number of nitrogens with two attached hydrogens (primary N) is 1. The Labute approximate surface area is 141 Å². The van der Waals surface area contributed by atoms with E-state index < -0.39 is 5.97 Å². The molecule has 0 aromatic carbocycles. The topological polar surface area (TPSA) is 120 Å². The number of H-pyrrole nitrogens is 1. The predicted molar refractivity (Wildman–Crippen MR) is 94.5 cm³/mol. The normalized spacial score (nSPS) is 17.7. The van der Waals surface area contributed by atoms with Crippen LogP contribution >= 0.6 is 0 Å². The van der Waals surface area contributed by atoms with E-state index in [1.807, 2.05) is 20.9 Å². The Morgan fingerprint density at radius 2 is 2.25 bits per heavy atom. The monoisotopic (exact) mass is 334 g/mol. The van der Waals surface area contributed by atoms with Crippen molar-refractivity contribution in [3.05, 3.63) is 18.0 Å². The second-order valence-electron chi connectivity index (χ2n) is 6.25. The number of rotatable bonds is 3. The number of aromatic carboxylic acids is 1. The molecule has 0 radical (unpaired) electrons. The van der Waals surface area contributed by atoms with Crippen LogP contribution in [0.1, 0.15) is 37.0 Å². The van der Waals surface area contributed by atoms with Gasteiger partial charge in [0.05, 0.1) is 6.20 Å². The van der Waals surface area contributed by atoms with Gasteiger partial charge in [-0.15, -0.1) is 0 Å². The molecular formula is C16H26N6O2. The van der Waals surface area contributed by atoms with Gasteiger partial charge in [0.25, 0.3) is 0 Å². The zero-order chi connectivity index (χ0) is 17.7. The maximum atomic E-state index is 11.2. The second-order valence-corrected chi connectivity index (χ2v) is 6.25. The Balaban J connectivity index is 0.000000471. The van der Waals surface area contributed by atoms with Crippen LogP contribution in [0.4, 0.5) is 5.82 Å². The van der Waals surface area contributed by atoms with Crippen LogP contribution in [0.5, 0.6) is 0 Å². The average Bonchev–Trinajstić information content (AvgIpc) is 2.97. The number of anilines is 1. The van der Waals surface area contributed by atoms with Gasteiger partial charge < -0.3 is 26.0 Å². The van der Waals surface area contributed by atoms with Crippen LogP contribution < -0.4 is 16.0 Å². The van der Waals surface area contributed by atoms with Crippen LogP contribution in [0.2, 0.25) is 0 Å². The number of hydrogen-bond donors (Lipinski definition) is 4. The highest BCUT2D eigenvalue weighted by Gasteiger charge is 2.21. The minimum atomic E-state index is -0.991. The molecule has 2 aromatic rings. The number of aromatic nitrogens is 3. The first-order valence-corrected chi connectivity index (χ1v) is 8.17. The highest BCUT2D eigenvalue weighted by molar-refractivity contribution is 6.00. The maximum Gasteiger partial charge on any atom is 0.339 e. The standard InChI is InChI=1S/C13H17N5O2.C3H9N/c1-14-8-3-2-4-18(7-8)10-6-16-12-11(17-10)9(5-15-12)13(19)20;1-3(2)4/h5-6,8,14H,2-4,7H2,1H3,(H,15,16)(H,19,20);3H,4H2,1-2H3. The van der Waals surface area contributed by atoms with Gasteiger partial charge in [-0.05, 0) is 25.9 Å². The lowest BCUT2D eigenvalue weighted by Crippen LogP contribution is -2.44. The molecule has 3 rings (SSSR count). The van der Waals surface area contributed by atoms with Crippen molar-refractivity contribution >= 4 is 23.0 Å². The molecule has 8 nitrogen and oxygen atoms in total. The van der Waals surface area contributed by atoms with E-state index in [1.54, 1.807) is 6.20 Å². The van der Waals surface area contributed by atoms with Gasteiger partial charge in [0.1, 0.15) is 16.9 Å². The fourth-order valence-electron chi connectivity index (χ4n) is 2.62. The number of carbonyl (C=O) groups is 1. The summed E-state index contributed by atoms with van der Waals surface area (Å²) in [6, 6.07) is 0.770. The van der Waals surface area contributed by atoms with Gasteiger partial charge in [-0.25, -0.2) is 14.8 Å². The molecule has 5 N–H and O–H groups in total. The van der Waals surface area contributed by atoms with E-state index in [2.05, 4.69) is 25.2 Å². The van der Waals surface area contributed by atoms with Crippen molar-refractivity contribution in [1.82, 2.24) is 20.3 Å². The van der Waals surface area contributed by atoms with Crippen LogP contribution in [-0.2, 0) is 0 Å². The van der Waals surface area contributed by atoms with Crippen LogP contribution in [-0.4, -0.2) is 58.2 Å². The molecule has 0 amide bonds. The van der Waals surface area contributed by atoms with Gasteiger partial charge in [0, 0.05) is 25.3 Å². The summed E-state index contributed by atoms with van der Waals surface area (Å²) < 4.78 is 0. The van der Waals surface area contributed by atoms with Crippen LogP contribution in [0.3, 0.4) is 0 Å². The van der Waals surface area contributed by atoms with E-state index >= 15 is 0 Å². The maximum absolute atomic E-state index is 11.2. The van der Waals surface area contributed by atoms with Crippen molar-refractivity contribution in [1.29, 1.82) is 0 Å². The van der Waals surface area contributed by atoms with Crippen molar-refractivity contribution in [2.45, 2.75) is 38.8 Å². The summed E-state index contributed by atoms with van der Waals surface area (Å²) in [6.45, 7) is 5.68. The van der Waals surface area contributed by atoms with Gasteiger partial charge in [-0.3, -0.25) is 0 Å². The molecule has 1 unspecified atom stereocenters. The van der Waals surface area contributed by atoms with Gasteiger partial charge in [-0.1, -0.05) is 13.8 Å². The molecule has 1 aliphatic rings. The first-order valence-electron chi connectivity index (χ1n) is 8.17. The highest BCUT2D eigenvalue weighted by atomic mass is 16.4. The molecule has 1 atom stereocenters. The molecule has 0 bridgehead atoms.